The Labute approximate surface area is 157 Å². The molecule has 0 fully saturated rings. The van der Waals surface area contributed by atoms with E-state index in [-0.39, 0.29) is 11.3 Å². The molecule has 3 rings (SSSR count). The molecule has 2 N–H and O–H groups in total. The number of aryl methyl sites for hydroxylation is 1. The van der Waals surface area contributed by atoms with Crippen LogP contribution in [0.1, 0.15) is 27.2 Å². The van der Waals surface area contributed by atoms with Crippen LogP contribution < -0.4 is 10.9 Å². The van der Waals surface area contributed by atoms with Crippen molar-refractivity contribution < 1.29 is 27.2 Å². The maximum absolute atomic E-state index is 12.7. The van der Waals surface area contributed by atoms with Gasteiger partial charge in [-0.15, -0.1) is 0 Å². The third-order valence-corrected chi connectivity index (χ3v) is 3.99. The molecule has 0 saturated heterocycles. The van der Waals surface area contributed by atoms with Gasteiger partial charge in [-0.3, -0.25) is 20.4 Å². The van der Waals surface area contributed by atoms with Crippen LogP contribution in [0.5, 0.6) is 0 Å². The molecule has 0 atom stereocenters. The summed E-state index contributed by atoms with van der Waals surface area (Å²) in [6, 6.07) is 11.6. The second-order valence-electron chi connectivity index (χ2n) is 5.95. The molecular formula is C20H15F3N2O3. The van der Waals surface area contributed by atoms with Gasteiger partial charge in [0.2, 0.25) is 0 Å². The lowest BCUT2D eigenvalue weighted by atomic mass is 10.1. The first-order valence-corrected chi connectivity index (χ1v) is 8.19. The van der Waals surface area contributed by atoms with Crippen LogP contribution in [0.3, 0.4) is 0 Å². The Kier molecular flexibility index (Phi) is 5.21. The SMILES string of the molecule is Cc1c(C(=O)NNC(=O)/C=C/c2cccc(C(F)(F)F)c2)oc2ccccc12. The first-order valence-electron chi connectivity index (χ1n) is 8.19. The lowest BCUT2D eigenvalue weighted by molar-refractivity contribution is -0.137. The van der Waals surface area contributed by atoms with Crippen LogP contribution in [-0.2, 0) is 11.0 Å². The summed E-state index contributed by atoms with van der Waals surface area (Å²) >= 11 is 0. The molecule has 1 heterocycles. The number of hydrogen-bond donors (Lipinski definition) is 2. The minimum Gasteiger partial charge on any atom is -0.451 e. The summed E-state index contributed by atoms with van der Waals surface area (Å²) in [5.41, 5.74) is 4.92. The third kappa shape index (κ3) is 4.22. The molecule has 5 nitrogen and oxygen atoms in total. The van der Waals surface area contributed by atoms with E-state index in [1.807, 2.05) is 6.07 Å². The van der Waals surface area contributed by atoms with Crippen LogP contribution in [-0.4, -0.2) is 11.8 Å². The zero-order valence-corrected chi connectivity index (χ0v) is 14.6. The van der Waals surface area contributed by atoms with Crippen LogP contribution >= 0.6 is 0 Å². The molecule has 144 valence electrons. The molecule has 28 heavy (non-hydrogen) atoms. The number of carbonyl (C=O) groups is 2. The van der Waals surface area contributed by atoms with Crippen molar-refractivity contribution in [3.05, 3.63) is 77.1 Å². The number of hydrogen-bond acceptors (Lipinski definition) is 3. The van der Waals surface area contributed by atoms with E-state index < -0.39 is 23.6 Å². The van der Waals surface area contributed by atoms with E-state index in [4.69, 9.17) is 4.42 Å². The average Bonchev–Trinajstić information content (AvgIpc) is 3.01. The van der Waals surface area contributed by atoms with E-state index >= 15 is 0 Å². The van der Waals surface area contributed by atoms with Gasteiger partial charge in [-0.1, -0.05) is 30.3 Å². The van der Waals surface area contributed by atoms with E-state index in [1.165, 1.54) is 18.2 Å². The van der Waals surface area contributed by atoms with Gasteiger partial charge in [0.05, 0.1) is 5.56 Å². The van der Waals surface area contributed by atoms with Gasteiger partial charge in [0.25, 0.3) is 5.91 Å². The van der Waals surface area contributed by atoms with Gasteiger partial charge in [0, 0.05) is 17.0 Å². The average molecular weight is 388 g/mol. The number of carbonyl (C=O) groups excluding carboxylic acids is 2. The van der Waals surface area contributed by atoms with Crippen molar-refractivity contribution in [1.29, 1.82) is 0 Å². The summed E-state index contributed by atoms with van der Waals surface area (Å²) in [5, 5.41) is 0.781. The highest BCUT2D eigenvalue weighted by molar-refractivity contribution is 6.00. The molecule has 0 aliphatic heterocycles. The molecule has 0 bridgehead atoms. The Morgan fingerprint density at radius 2 is 1.79 bits per heavy atom. The summed E-state index contributed by atoms with van der Waals surface area (Å²) < 4.78 is 43.5. The van der Waals surface area contributed by atoms with Crippen molar-refractivity contribution in [3.8, 4) is 0 Å². The maximum Gasteiger partial charge on any atom is 0.416 e. The largest absolute Gasteiger partial charge is 0.451 e. The first-order chi connectivity index (χ1) is 13.3. The quantitative estimate of drug-likeness (QED) is 0.521. The van der Waals surface area contributed by atoms with E-state index in [0.717, 1.165) is 23.6 Å². The molecule has 0 radical (unpaired) electrons. The van der Waals surface area contributed by atoms with Gasteiger partial charge in [-0.25, -0.2) is 0 Å². The number of para-hydroxylation sites is 1. The summed E-state index contributed by atoms with van der Waals surface area (Å²) in [5.74, 6) is -1.29. The molecule has 2 amide bonds. The van der Waals surface area contributed by atoms with E-state index in [9.17, 15) is 22.8 Å². The van der Waals surface area contributed by atoms with Gasteiger partial charge in [-0.2, -0.15) is 13.2 Å². The number of halogens is 3. The predicted molar refractivity (Wildman–Crippen MR) is 97.0 cm³/mol. The molecule has 0 spiro atoms. The van der Waals surface area contributed by atoms with Gasteiger partial charge < -0.3 is 4.42 Å². The summed E-state index contributed by atoms with van der Waals surface area (Å²) in [6.07, 6.45) is -2.24. The molecule has 0 aliphatic rings. The van der Waals surface area contributed by atoms with Crippen molar-refractivity contribution >= 4 is 28.9 Å². The lowest BCUT2D eigenvalue weighted by Crippen LogP contribution is -2.40. The van der Waals surface area contributed by atoms with Crippen LogP contribution in [0.2, 0.25) is 0 Å². The van der Waals surface area contributed by atoms with E-state index in [1.54, 1.807) is 25.1 Å². The number of alkyl halides is 3. The highest BCUT2D eigenvalue weighted by Crippen LogP contribution is 2.29. The summed E-state index contributed by atoms with van der Waals surface area (Å²) in [7, 11) is 0. The third-order valence-electron chi connectivity index (χ3n) is 3.99. The van der Waals surface area contributed by atoms with Gasteiger partial charge in [-0.05, 0) is 36.8 Å². The molecule has 2 aromatic carbocycles. The van der Waals surface area contributed by atoms with Crippen LogP contribution in [0.25, 0.3) is 17.0 Å². The van der Waals surface area contributed by atoms with E-state index in [0.29, 0.717) is 11.1 Å². The van der Waals surface area contributed by atoms with E-state index in [2.05, 4.69) is 10.9 Å². The van der Waals surface area contributed by atoms with Crippen molar-refractivity contribution in [2.24, 2.45) is 0 Å². The van der Waals surface area contributed by atoms with Crippen LogP contribution in [0.15, 0.2) is 59.0 Å². The normalized spacial score (nSPS) is 11.7. The standard InChI is InChI=1S/C20H15F3N2O3/c1-12-15-7-2-3-8-16(15)28-18(12)19(27)25-24-17(26)10-9-13-5-4-6-14(11-13)20(21,22)23/h2-11H,1H3,(H,24,26)(H,25,27)/b10-9+. The fraction of sp³-hybridized carbons (Fsp3) is 0.100. The zero-order valence-electron chi connectivity index (χ0n) is 14.6. The Morgan fingerprint density at radius 1 is 1.04 bits per heavy atom. The molecule has 1 aromatic heterocycles. The van der Waals surface area contributed by atoms with Crippen molar-refractivity contribution in [2.75, 3.05) is 0 Å². The highest BCUT2D eigenvalue weighted by Gasteiger charge is 2.30. The topological polar surface area (TPSA) is 71.3 Å². The molecule has 8 heteroatoms. The fourth-order valence-electron chi connectivity index (χ4n) is 2.60. The van der Waals surface area contributed by atoms with Crippen LogP contribution in [0, 0.1) is 6.92 Å². The Morgan fingerprint density at radius 3 is 2.50 bits per heavy atom. The number of furan rings is 1. The van der Waals surface area contributed by atoms with Crippen molar-refractivity contribution in [2.45, 2.75) is 13.1 Å². The zero-order chi connectivity index (χ0) is 20.3. The predicted octanol–water partition coefficient (Wildman–Crippen LogP) is 4.23. The second kappa shape index (κ2) is 7.59. The molecule has 3 aromatic rings. The number of benzene rings is 2. The lowest BCUT2D eigenvalue weighted by Gasteiger charge is -2.06. The highest BCUT2D eigenvalue weighted by atomic mass is 19.4. The Bertz CT molecular complexity index is 1070. The van der Waals surface area contributed by atoms with Gasteiger partial charge in [0.1, 0.15) is 5.58 Å². The Hall–Kier alpha value is -3.55. The second-order valence-corrected chi connectivity index (χ2v) is 5.95. The smallest absolute Gasteiger partial charge is 0.416 e. The van der Waals surface area contributed by atoms with Gasteiger partial charge in [0.15, 0.2) is 5.76 Å². The fourth-order valence-corrected chi connectivity index (χ4v) is 2.60. The number of amides is 2. The Balaban J connectivity index is 1.63. The number of rotatable bonds is 3. The number of hydrazine groups is 1. The van der Waals surface area contributed by atoms with Crippen LogP contribution in [0.4, 0.5) is 13.2 Å². The van der Waals surface area contributed by atoms with Crippen molar-refractivity contribution in [3.63, 3.8) is 0 Å². The summed E-state index contributed by atoms with van der Waals surface area (Å²) in [4.78, 5) is 24.0. The molecule has 0 aliphatic carbocycles. The maximum atomic E-state index is 12.7. The van der Waals surface area contributed by atoms with Gasteiger partial charge >= 0.3 is 12.1 Å². The summed E-state index contributed by atoms with van der Waals surface area (Å²) in [6.45, 7) is 1.72. The molecule has 0 saturated carbocycles. The molecule has 0 unspecified atom stereocenters. The number of fused-ring (bicyclic) bond motifs is 1. The number of nitrogens with one attached hydrogen (secondary N) is 2. The monoisotopic (exact) mass is 388 g/mol. The van der Waals surface area contributed by atoms with Crippen molar-refractivity contribution in [1.82, 2.24) is 10.9 Å². The first kappa shape index (κ1) is 19.2. The minimum atomic E-state index is -4.47. The minimum absolute atomic E-state index is 0.0587. The molecular weight excluding hydrogens is 373 g/mol.